The highest BCUT2D eigenvalue weighted by atomic mass is 79.9. The van der Waals surface area contributed by atoms with Crippen LogP contribution in [0.15, 0.2) is 94.3 Å². The van der Waals surface area contributed by atoms with E-state index in [1.165, 1.54) is 12.1 Å². The number of halogens is 1. The fourth-order valence-electron chi connectivity index (χ4n) is 3.18. The fraction of sp³-hybridized carbons (Fsp3) is 0.200. The van der Waals surface area contributed by atoms with Crippen molar-refractivity contribution in [1.82, 2.24) is 15.4 Å². The molecule has 1 unspecified atom stereocenters. The summed E-state index contributed by atoms with van der Waals surface area (Å²) in [7, 11) is -3.97. The van der Waals surface area contributed by atoms with Crippen LogP contribution in [0.4, 0.5) is 0 Å². The van der Waals surface area contributed by atoms with Gasteiger partial charge in [0.05, 0.1) is 4.90 Å². The second-order valence-electron chi connectivity index (χ2n) is 7.63. The first kappa shape index (κ1) is 25.6. The molecule has 9 heteroatoms. The summed E-state index contributed by atoms with van der Waals surface area (Å²) >= 11 is 3.28. The number of rotatable bonds is 11. The fourth-order valence-corrected chi connectivity index (χ4v) is 4.68. The average molecular weight is 544 g/mol. The number of sulfonamides is 1. The van der Waals surface area contributed by atoms with Crippen LogP contribution < -0.4 is 15.4 Å². The first-order valence-corrected chi connectivity index (χ1v) is 13.0. The van der Waals surface area contributed by atoms with E-state index in [2.05, 4.69) is 31.3 Å². The third-order valence-electron chi connectivity index (χ3n) is 5.04. The molecule has 0 aliphatic heterocycles. The predicted molar refractivity (Wildman–Crippen MR) is 134 cm³/mol. The van der Waals surface area contributed by atoms with E-state index in [0.717, 1.165) is 15.6 Å². The van der Waals surface area contributed by atoms with Gasteiger partial charge in [-0.1, -0.05) is 76.6 Å². The van der Waals surface area contributed by atoms with Crippen LogP contribution in [0.3, 0.4) is 0 Å². The quantitative estimate of drug-likeness (QED) is 0.344. The minimum Gasteiger partial charge on any atom is -0.352 e. The van der Waals surface area contributed by atoms with Gasteiger partial charge in [-0.25, -0.2) is 8.42 Å². The van der Waals surface area contributed by atoms with E-state index in [9.17, 15) is 18.0 Å². The molecule has 0 radical (unpaired) electrons. The highest BCUT2D eigenvalue weighted by Crippen LogP contribution is 2.16. The molecule has 0 bridgehead atoms. The Labute approximate surface area is 208 Å². The number of carbonyl (C=O) groups is 2. The average Bonchev–Trinajstić information content (AvgIpc) is 2.85. The Morgan fingerprint density at radius 1 is 0.765 bits per heavy atom. The lowest BCUT2D eigenvalue weighted by molar-refractivity contribution is -0.124. The number of nitrogens with one attached hydrogen (secondary N) is 3. The van der Waals surface area contributed by atoms with E-state index in [1.54, 1.807) is 12.1 Å². The molecule has 0 fully saturated rings. The molecule has 178 valence electrons. The van der Waals surface area contributed by atoms with Crippen molar-refractivity contribution in [2.45, 2.75) is 36.9 Å². The topological polar surface area (TPSA) is 104 Å². The van der Waals surface area contributed by atoms with E-state index in [1.807, 2.05) is 60.7 Å². The Balaban J connectivity index is 1.65. The lowest BCUT2D eigenvalue weighted by Crippen LogP contribution is -2.47. The minimum absolute atomic E-state index is 0.0109. The van der Waals surface area contributed by atoms with Crippen LogP contribution in [0.2, 0.25) is 0 Å². The first-order chi connectivity index (χ1) is 16.3. The number of carbonyl (C=O) groups excluding carboxylic acids is 2. The molecule has 3 aromatic carbocycles. The van der Waals surface area contributed by atoms with E-state index in [0.29, 0.717) is 6.54 Å². The van der Waals surface area contributed by atoms with E-state index < -0.39 is 22.0 Å². The first-order valence-electron chi connectivity index (χ1n) is 10.7. The Morgan fingerprint density at radius 3 is 1.85 bits per heavy atom. The standard InChI is InChI=1S/C25H26BrN3O4S/c26-21-11-13-22(14-12-21)34(32,33)29-23(25(31)28-18-20-9-5-2-6-10-20)15-16-24(30)27-17-19-7-3-1-4-8-19/h1-14,23,29H,15-18H2,(H,27,30)(H,28,31). The molecule has 34 heavy (non-hydrogen) atoms. The van der Waals surface area contributed by atoms with Crippen molar-refractivity contribution in [2.24, 2.45) is 0 Å². The van der Waals surface area contributed by atoms with Crippen LogP contribution in [0, 0.1) is 0 Å². The summed E-state index contributed by atoms with van der Waals surface area (Å²) in [4.78, 5) is 25.3. The highest BCUT2D eigenvalue weighted by Gasteiger charge is 2.26. The third kappa shape index (κ3) is 8.09. The van der Waals surface area contributed by atoms with Gasteiger partial charge in [0.1, 0.15) is 6.04 Å². The van der Waals surface area contributed by atoms with Gasteiger partial charge in [-0.05, 0) is 41.8 Å². The number of hydrogen-bond donors (Lipinski definition) is 3. The van der Waals surface area contributed by atoms with E-state index in [4.69, 9.17) is 0 Å². The molecule has 0 heterocycles. The summed E-state index contributed by atoms with van der Waals surface area (Å²) in [6.07, 6.45) is -0.00385. The molecular weight excluding hydrogens is 518 g/mol. The zero-order valence-corrected chi connectivity index (χ0v) is 20.8. The molecule has 2 amide bonds. The monoisotopic (exact) mass is 543 g/mol. The van der Waals surface area contributed by atoms with Crippen molar-refractivity contribution in [1.29, 1.82) is 0 Å². The Hall–Kier alpha value is -3.01. The lowest BCUT2D eigenvalue weighted by atomic mass is 10.1. The van der Waals surface area contributed by atoms with Gasteiger partial charge in [0.2, 0.25) is 21.8 Å². The van der Waals surface area contributed by atoms with Crippen LogP contribution in [-0.4, -0.2) is 26.3 Å². The zero-order valence-electron chi connectivity index (χ0n) is 18.4. The molecule has 0 aromatic heterocycles. The highest BCUT2D eigenvalue weighted by molar-refractivity contribution is 9.10. The summed E-state index contributed by atoms with van der Waals surface area (Å²) < 4.78 is 29.0. The molecular formula is C25H26BrN3O4S. The van der Waals surface area contributed by atoms with Crippen molar-refractivity contribution < 1.29 is 18.0 Å². The van der Waals surface area contributed by atoms with Gasteiger partial charge in [0.15, 0.2) is 0 Å². The second kappa shape index (κ2) is 12.5. The van der Waals surface area contributed by atoms with Gasteiger partial charge in [0, 0.05) is 24.0 Å². The Kier molecular flexibility index (Phi) is 9.38. The largest absolute Gasteiger partial charge is 0.352 e. The Morgan fingerprint density at radius 2 is 1.29 bits per heavy atom. The van der Waals surface area contributed by atoms with Crippen molar-refractivity contribution in [3.05, 3.63) is 101 Å². The molecule has 3 rings (SSSR count). The summed E-state index contributed by atoms with van der Waals surface area (Å²) in [5, 5.41) is 5.56. The minimum atomic E-state index is -3.97. The van der Waals surface area contributed by atoms with Crippen molar-refractivity contribution in [2.75, 3.05) is 0 Å². The summed E-state index contributed by atoms with van der Waals surface area (Å²) in [5.74, 6) is -0.770. The zero-order chi connectivity index (χ0) is 24.4. The summed E-state index contributed by atoms with van der Waals surface area (Å²) in [5.41, 5.74) is 1.83. The number of benzene rings is 3. The van der Waals surface area contributed by atoms with Gasteiger partial charge in [0.25, 0.3) is 0 Å². The lowest BCUT2D eigenvalue weighted by Gasteiger charge is -2.19. The SMILES string of the molecule is O=C(CCC(NS(=O)(=O)c1ccc(Br)cc1)C(=O)NCc1ccccc1)NCc1ccccc1. The maximum absolute atomic E-state index is 12.9. The second-order valence-corrected chi connectivity index (χ2v) is 10.3. The van der Waals surface area contributed by atoms with Crippen molar-refractivity contribution in [3.8, 4) is 0 Å². The van der Waals surface area contributed by atoms with Gasteiger partial charge < -0.3 is 10.6 Å². The van der Waals surface area contributed by atoms with Crippen LogP contribution in [0.25, 0.3) is 0 Å². The molecule has 3 aromatic rings. The maximum atomic E-state index is 12.9. The summed E-state index contributed by atoms with van der Waals surface area (Å²) in [6, 6.07) is 23.7. The van der Waals surface area contributed by atoms with E-state index in [-0.39, 0.29) is 30.2 Å². The summed E-state index contributed by atoms with van der Waals surface area (Å²) in [6.45, 7) is 0.603. The normalized spacial score (nSPS) is 12.0. The number of hydrogen-bond acceptors (Lipinski definition) is 4. The van der Waals surface area contributed by atoms with Crippen LogP contribution in [0.1, 0.15) is 24.0 Å². The van der Waals surface area contributed by atoms with E-state index >= 15 is 0 Å². The molecule has 1 atom stereocenters. The molecule has 0 saturated carbocycles. The number of amides is 2. The predicted octanol–water partition coefficient (Wildman–Crippen LogP) is 3.51. The molecule has 0 saturated heterocycles. The smallest absolute Gasteiger partial charge is 0.241 e. The van der Waals surface area contributed by atoms with Crippen LogP contribution >= 0.6 is 15.9 Å². The van der Waals surface area contributed by atoms with Crippen LogP contribution in [-0.2, 0) is 32.7 Å². The van der Waals surface area contributed by atoms with Gasteiger partial charge in [-0.15, -0.1) is 0 Å². The van der Waals surface area contributed by atoms with Gasteiger partial charge in [-0.3, -0.25) is 9.59 Å². The Bertz CT molecular complexity index is 1190. The van der Waals surface area contributed by atoms with Gasteiger partial charge >= 0.3 is 0 Å². The molecule has 0 aliphatic rings. The van der Waals surface area contributed by atoms with Crippen LogP contribution in [0.5, 0.6) is 0 Å². The molecule has 0 spiro atoms. The maximum Gasteiger partial charge on any atom is 0.241 e. The molecule has 3 N–H and O–H groups in total. The molecule has 0 aliphatic carbocycles. The van der Waals surface area contributed by atoms with Gasteiger partial charge in [-0.2, -0.15) is 4.72 Å². The molecule has 7 nitrogen and oxygen atoms in total. The third-order valence-corrected chi connectivity index (χ3v) is 7.06. The van der Waals surface area contributed by atoms with Crippen molar-refractivity contribution in [3.63, 3.8) is 0 Å². The van der Waals surface area contributed by atoms with Crippen molar-refractivity contribution >= 4 is 37.8 Å².